The van der Waals surface area contributed by atoms with Gasteiger partial charge in [0.2, 0.25) is 5.91 Å². The number of ether oxygens (including phenoxy) is 3. The number of amides is 4. The number of hydrogen-bond donors (Lipinski definition) is 4. The van der Waals surface area contributed by atoms with Gasteiger partial charge >= 0.3 is 19.5 Å². The van der Waals surface area contributed by atoms with E-state index in [1.807, 2.05) is 32.0 Å². The highest BCUT2D eigenvalue weighted by molar-refractivity contribution is 7.51. The summed E-state index contributed by atoms with van der Waals surface area (Å²) in [7, 11) is -2.46. The summed E-state index contributed by atoms with van der Waals surface area (Å²) in [5.74, 6) is -2.14. The smallest absolute Gasteiger partial charge is 0.349 e. The van der Waals surface area contributed by atoms with Gasteiger partial charge in [-0.2, -0.15) is 0 Å². The third kappa shape index (κ3) is 17.7. The van der Waals surface area contributed by atoms with E-state index in [0.717, 1.165) is 36.1 Å². The molecule has 0 spiro atoms. The predicted molar refractivity (Wildman–Crippen MR) is 276 cm³/mol. The van der Waals surface area contributed by atoms with Crippen molar-refractivity contribution < 1.29 is 66.9 Å². The lowest BCUT2D eigenvalue weighted by Crippen LogP contribution is -2.45. The maximum Gasteiger partial charge on any atom is 0.349 e. The number of carbonyl (C=O) groups excluding carboxylic acids is 5. The van der Waals surface area contributed by atoms with Crippen molar-refractivity contribution in [2.75, 3.05) is 55.4 Å². The second kappa shape index (κ2) is 29.0. The number of anilines is 2. The molecule has 2 aromatic carbocycles. The Morgan fingerprint density at radius 1 is 1.03 bits per heavy atom. The molecule has 72 heavy (non-hydrogen) atoms. The number of imide groups is 1. The Morgan fingerprint density at radius 2 is 1.67 bits per heavy atom. The number of aliphatic carboxylic acids is 1. The van der Waals surface area contributed by atoms with Crippen LogP contribution in [0.15, 0.2) is 75.4 Å². The zero-order valence-corrected chi connectivity index (χ0v) is 45.5. The third-order valence-corrected chi connectivity index (χ3v) is 12.7. The van der Waals surface area contributed by atoms with Gasteiger partial charge in [-0.15, -0.1) is 11.6 Å². The normalized spacial score (nSPS) is 16.7. The van der Waals surface area contributed by atoms with E-state index in [0.29, 0.717) is 59.2 Å². The molecular weight excluding hydrogens is 1060 g/mol. The molecule has 24 heteroatoms. The number of para-hydroxylation sites is 1. The molecule has 0 saturated carbocycles. The van der Waals surface area contributed by atoms with Crippen LogP contribution in [0.5, 0.6) is 0 Å². The summed E-state index contributed by atoms with van der Waals surface area (Å²) >= 11 is 29.1. The number of carboxylic acid groups (broad SMARTS) is 1. The van der Waals surface area contributed by atoms with Crippen LogP contribution in [0.25, 0.3) is 6.08 Å². The molecule has 3 heterocycles. The number of hydrogen-bond acceptors (Lipinski definition) is 12. The summed E-state index contributed by atoms with van der Waals surface area (Å²) in [5, 5.41) is 10.3. The van der Waals surface area contributed by atoms with Gasteiger partial charge in [-0.05, 0) is 120 Å². The maximum absolute atomic E-state index is 12.7. The molecule has 1 aliphatic carbocycles. The molecule has 4 N–H and O–H groups in total. The minimum atomic E-state index is -4.10. The van der Waals surface area contributed by atoms with Gasteiger partial charge in [-0.1, -0.05) is 71.5 Å². The van der Waals surface area contributed by atoms with Crippen LogP contribution in [0.3, 0.4) is 0 Å². The third-order valence-electron chi connectivity index (χ3n) is 10.9. The lowest BCUT2D eigenvalue weighted by atomic mass is 9.93. The van der Waals surface area contributed by atoms with Crippen molar-refractivity contribution in [1.29, 1.82) is 0 Å². The van der Waals surface area contributed by atoms with Gasteiger partial charge in [-0.3, -0.25) is 33.9 Å². The summed E-state index contributed by atoms with van der Waals surface area (Å²) in [5.41, 5.74) is 4.51. The zero-order chi connectivity index (χ0) is 54.1. The number of halogens is 5. The molecule has 1 aromatic heterocycles. The second-order valence-corrected chi connectivity index (χ2v) is 20.5. The Bertz CT molecular complexity index is 2470. The molecule has 4 amide bonds. The standard InChI is InChI=1S/C19H17Cl2NO4.C15H22ClNO2.C11H13Cl2NO3.C3H8NO5P/c1-2-26-19(25)16(21)10-11-9-12(7-8-15(11)20)22-17(23)13-5-3-4-6-14(13)18(22)24;1-5-13-8-6-7-11(2)15(13)17(14(18)9-16)12(3)10-19-4;1-11(2)14(10(15)9(12)13)6-8(17-11)7-4-3-5-16-7;5-3(6)1-4-2-10(7,8)9/h7-10H,2-6H2,1H3;6-8,12H,5,9-10H2,1-4H3;3-5,8-9H,6H2,1-2H3;4H,1-2H2,(H,5,6)(H2,7,8,9)/b16-10-;;;. The van der Waals surface area contributed by atoms with Crippen molar-refractivity contribution in [1.82, 2.24) is 10.2 Å². The first-order valence-corrected chi connectivity index (χ1v) is 26.5. The number of methoxy groups -OCH3 is 1. The molecule has 2 unspecified atom stereocenters. The number of benzene rings is 2. The number of rotatable bonds is 16. The van der Waals surface area contributed by atoms with Crippen molar-refractivity contribution in [3.63, 3.8) is 0 Å². The van der Waals surface area contributed by atoms with Crippen molar-refractivity contribution in [3.05, 3.63) is 98.4 Å². The van der Waals surface area contributed by atoms with Gasteiger partial charge in [0, 0.05) is 23.3 Å². The largest absolute Gasteiger partial charge is 0.480 e. The maximum atomic E-state index is 12.7. The number of carboxylic acids is 1. The van der Waals surface area contributed by atoms with Crippen LogP contribution >= 0.6 is 65.6 Å². The lowest BCUT2D eigenvalue weighted by molar-refractivity contribution is -0.144. The number of furan rings is 1. The van der Waals surface area contributed by atoms with Gasteiger partial charge < -0.3 is 43.3 Å². The van der Waals surface area contributed by atoms with Crippen LogP contribution in [-0.2, 0) is 54.0 Å². The Hall–Kier alpha value is -4.30. The van der Waals surface area contributed by atoms with Crippen LogP contribution in [0.1, 0.15) is 88.9 Å². The van der Waals surface area contributed by atoms with Gasteiger partial charge in [0.1, 0.15) is 28.5 Å². The van der Waals surface area contributed by atoms with E-state index in [4.69, 9.17) is 91.5 Å². The van der Waals surface area contributed by atoms with Crippen molar-refractivity contribution in [2.45, 2.75) is 96.4 Å². The quantitative estimate of drug-likeness (QED) is 0.0344. The van der Waals surface area contributed by atoms with Crippen LogP contribution in [0, 0.1) is 6.92 Å². The van der Waals surface area contributed by atoms with E-state index in [1.54, 1.807) is 63.3 Å². The molecule has 3 aromatic rings. The Labute approximate surface area is 443 Å². The van der Waals surface area contributed by atoms with E-state index in [1.165, 1.54) is 15.9 Å². The first-order valence-electron chi connectivity index (χ1n) is 22.5. The summed E-state index contributed by atoms with van der Waals surface area (Å²) in [6.45, 7) is 12.0. The molecule has 1 saturated heterocycles. The van der Waals surface area contributed by atoms with Crippen LogP contribution in [-0.4, -0.2) is 118 Å². The highest BCUT2D eigenvalue weighted by Crippen LogP contribution is 2.39. The topological polar surface area (TPSA) is 243 Å². The average Bonchev–Trinajstić information content (AvgIpc) is 4.04. The molecule has 2 atom stereocenters. The van der Waals surface area contributed by atoms with Gasteiger partial charge in [0.25, 0.3) is 17.7 Å². The fraction of sp³-hybridized carbons (Fsp3) is 0.458. The van der Waals surface area contributed by atoms with Crippen LogP contribution in [0.4, 0.5) is 11.4 Å². The van der Waals surface area contributed by atoms with Crippen LogP contribution in [0.2, 0.25) is 5.02 Å². The fourth-order valence-corrected chi connectivity index (χ4v) is 8.82. The molecule has 0 radical (unpaired) electrons. The first kappa shape index (κ1) is 62.0. The molecular formula is C48H60Cl5N4O14P. The van der Waals surface area contributed by atoms with Gasteiger partial charge in [-0.25, -0.2) is 9.69 Å². The molecule has 0 bridgehead atoms. The van der Waals surface area contributed by atoms with E-state index in [9.17, 15) is 33.3 Å². The van der Waals surface area contributed by atoms with Crippen molar-refractivity contribution >= 4 is 119 Å². The number of esters is 1. The summed E-state index contributed by atoms with van der Waals surface area (Å²) < 4.78 is 31.1. The van der Waals surface area contributed by atoms with E-state index in [-0.39, 0.29) is 53.3 Å². The average molecular weight is 1130 g/mol. The Kier molecular flexibility index (Phi) is 24.9. The minimum Gasteiger partial charge on any atom is -0.480 e. The second-order valence-electron chi connectivity index (χ2n) is 16.6. The Balaban J connectivity index is 0.000000266. The highest BCUT2D eigenvalue weighted by atomic mass is 35.5. The van der Waals surface area contributed by atoms with E-state index in [2.05, 4.69) is 18.3 Å². The van der Waals surface area contributed by atoms with Crippen molar-refractivity contribution in [2.24, 2.45) is 0 Å². The van der Waals surface area contributed by atoms with E-state index >= 15 is 0 Å². The lowest BCUT2D eigenvalue weighted by Gasteiger charge is -2.31. The number of nitrogens with one attached hydrogen (secondary N) is 1. The number of alkyl halides is 3. The SMILES string of the molecule is CC1(C)OC(c2ccco2)CN1C(=O)C(Cl)Cl.CCOC(=O)/C(Cl)=C/c1cc(N2C(=O)C3=C(CCCC3)C2=O)ccc1Cl.CCc1cccc(C)c1N(C(=O)CCl)C(C)COC.O=C(O)CNCP(=O)(O)O. The predicted octanol–water partition coefficient (Wildman–Crippen LogP) is 8.91. The van der Waals surface area contributed by atoms with Gasteiger partial charge in [0.05, 0.1) is 56.3 Å². The Morgan fingerprint density at radius 3 is 2.18 bits per heavy atom. The first-order chi connectivity index (χ1) is 33.8. The van der Waals surface area contributed by atoms with Gasteiger partial charge in [0.15, 0.2) is 4.84 Å². The van der Waals surface area contributed by atoms with Crippen molar-refractivity contribution in [3.8, 4) is 0 Å². The molecule has 6 rings (SSSR count). The molecule has 3 aliphatic rings. The van der Waals surface area contributed by atoms with E-state index < -0.39 is 42.9 Å². The fourth-order valence-electron chi connectivity index (χ4n) is 7.71. The molecule has 2 aliphatic heterocycles. The minimum absolute atomic E-state index is 0.0223. The highest BCUT2D eigenvalue weighted by Gasteiger charge is 2.45. The number of aryl methyl sites for hydroxylation is 2. The molecule has 18 nitrogen and oxygen atoms in total. The summed E-state index contributed by atoms with van der Waals surface area (Å²) in [6.07, 6.45) is 6.02. The molecule has 396 valence electrons. The summed E-state index contributed by atoms with van der Waals surface area (Å²) in [4.78, 5) is 90.5. The monoisotopic (exact) mass is 1120 g/mol. The molecule has 1 fully saturated rings. The number of nitrogens with zero attached hydrogens (tertiary/aromatic N) is 3. The zero-order valence-electron chi connectivity index (χ0n) is 40.8. The van der Waals surface area contributed by atoms with Crippen LogP contribution < -0.4 is 15.1 Å². The number of carbonyl (C=O) groups is 6. The summed E-state index contributed by atoms with van der Waals surface area (Å²) in [6, 6.07) is 14.4.